The van der Waals surface area contributed by atoms with Crippen LogP contribution in [0.1, 0.15) is 17.5 Å². The summed E-state index contributed by atoms with van der Waals surface area (Å²) in [5, 5.41) is 4.46. The molecule has 2 N–H and O–H groups in total. The highest BCUT2D eigenvalue weighted by Gasteiger charge is 2.14. The maximum absolute atomic E-state index is 13.2. The van der Waals surface area contributed by atoms with Gasteiger partial charge >= 0.3 is 0 Å². The van der Waals surface area contributed by atoms with Crippen LogP contribution in [-0.2, 0) is 16.2 Å². The number of hydrogen-bond acceptors (Lipinski definition) is 9. The quantitative estimate of drug-likeness (QED) is 0.144. The lowest BCUT2D eigenvalue weighted by Gasteiger charge is -2.26. The van der Waals surface area contributed by atoms with Crippen molar-refractivity contribution in [2.24, 2.45) is 0 Å². The van der Waals surface area contributed by atoms with E-state index in [4.69, 9.17) is 30.6 Å². The van der Waals surface area contributed by atoms with Crippen molar-refractivity contribution in [2.45, 2.75) is 13.0 Å². The average Bonchev–Trinajstić information content (AvgIpc) is 3.01. The summed E-state index contributed by atoms with van der Waals surface area (Å²) < 4.78 is 30.4. The molecule has 1 aliphatic rings. The Morgan fingerprint density at radius 1 is 1.07 bits per heavy atom. The number of fused-ring (bicyclic) bond motifs is 1. The fourth-order valence-electron chi connectivity index (χ4n) is 4.52. The molecule has 0 spiro atoms. The highest BCUT2D eigenvalue weighted by molar-refractivity contribution is 6.31. The number of hydroxylamine groups is 1. The highest BCUT2D eigenvalue weighted by Crippen LogP contribution is 2.35. The molecule has 0 bridgehead atoms. The minimum Gasteiger partial charge on any atom is -0.493 e. The molecule has 0 atom stereocenters. The van der Waals surface area contributed by atoms with Crippen molar-refractivity contribution in [2.75, 3.05) is 51.9 Å². The molecule has 4 aromatic rings. The number of rotatable bonds is 13. The predicted molar refractivity (Wildman–Crippen MR) is 162 cm³/mol. The lowest BCUT2D eigenvalue weighted by atomic mass is 10.1. The van der Waals surface area contributed by atoms with Crippen molar-refractivity contribution in [1.82, 2.24) is 20.3 Å². The molecule has 0 radical (unpaired) electrons. The van der Waals surface area contributed by atoms with Crippen LogP contribution in [0, 0.1) is 5.82 Å². The van der Waals surface area contributed by atoms with Gasteiger partial charge in [-0.2, -0.15) is 0 Å². The Morgan fingerprint density at radius 2 is 1.88 bits per heavy atom. The number of nitrogens with one attached hydrogen (secondary N) is 2. The van der Waals surface area contributed by atoms with Crippen molar-refractivity contribution < 1.29 is 23.4 Å². The van der Waals surface area contributed by atoms with Gasteiger partial charge in [0, 0.05) is 41.8 Å². The Morgan fingerprint density at radius 3 is 2.64 bits per heavy atom. The number of aromatic nitrogens is 2. The molecule has 5 rings (SSSR count). The monoisotopic (exact) mass is 593 g/mol. The van der Waals surface area contributed by atoms with Crippen LogP contribution in [0.15, 0.2) is 67.5 Å². The van der Waals surface area contributed by atoms with Crippen LogP contribution < -0.4 is 20.3 Å². The van der Waals surface area contributed by atoms with E-state index in [9.17, 15) is 4.39 Å². The molecular weight excluding hydrogens is 561 g/mol. The third-order valence-electron chi connectivity index (χ3n) is 6.83. The second-order valence-electron chi connectivity index (χ2n) is 9.71. The van der Waals surface area contributed by atoms with Gasteiger partial charge in [-0.1, -0.05) is 36.4 Å². The number of benzene rings is 3. The fraction of sp³-hybridized carbons (Fsp3) is 0.290. The Balaban J connectivity index is 1.18. The van der Waals surface area contributed by atoms with Gasteiger partial charge in [-0.05, 0) is 47.9 Å². The summed E-state index contributed by atoms with van der Waals surface area (Å²) in [5.74, 6) is 1.51. The summed E-state index contributed by atoms with van der Waals surface area (Å²) >= 11 is 6.05. The second-order valence-corrected chi connectivity index (χ2v) is 10.1. The number of ether oxygens (including phenoxy) is 3. The molecule has 11 heteroatoms. The van der Waals surface area contributed by atoms with Crippen LogP contribution in [0.2, 0.25) is 5.02 Å². The SMILES string of the molecule is C=C(NOCc1ccc(F)cc1Cl)c1ccc(Nc2ncnc3cc(OCCCN4CCOCC4)c(OC)cc23)cc1. The minimum atomic E-state index is -0.395. The molecule has 1 aromatic heterocycles. The molecular formula is C31H33ClFN5O4. The molecule has 0 saturated carbocycles. The highest BCUT2D eigenvalue weighted by atomic mass is 35.5. The zero-order chi connectivity index (χ0) is 29.3. The van der Waals surface area contributed by atoms with Gasteiger partial charge in [0.25, 0.3) is 0 Å². The standard InChI is InChI=1S/C31H33ClFN5O4/c1-21(37-42-19-23-4-7-24(33)16-27(23)32)22-5-8-25(9-6-22)36-31-26-17-29(39-2)30(18-28(26)34-20-35-31)41-13-3-10-38-11-14-40-15-12-38/h4-9,16-18,20,37H,1,3,10-15,19H2,2H3,(H,34,35,36). The zero-order valence-electron chi connectivity index (χ0n) is 23.4. The molecule has 3 aromatic carbocycles. The van der Waals surface area contributed by atoms with Crippen molar-refractivity contribution in [3.05, 3.63) is 89.5 Å². The minimum absolute atomic E-state index is 0.156. The average molecular weight is 594 g/mol. The smallest absolute Gasteiger partial charge is 0.163 e. The number of hydrogen-bond donors (Lipinski definition) is 2. The summed E-state index contributed by atoms with van der Waals surface area (Å²) in [6.07, 6.45) is 2.43. The molecule has 0 amide bonds. The lowest BCUT2D eigenvalue weighted by Crippen LogP contribution is -2.37. The Kier molecular flexibility index (Phi) is 10.0. The van der Waals surface area contributed by atoms with E-state index >= 15 is 0 Å². The van der Waals surface area contributed by atoms with Gasteiger partial charge in [0.1, 0.15) is 24.6 Å². The van der Waals surface area contributed by atoms with Crippen LogP contribution in [0.25, 0.3) is 16.6 Å². The van der Waals surface area contributed by atoms with E-state index in [2.05, 4.69) is 32.2 Å². The Bertz CT molecular complexity index is 1520. The normalized spacial score (nSPS) is 13.6. The summed E-state index contributed by atoms with van der Waals surface area (Å²) in [5.41, 5.74) is 6.44. The van der Waals surface area contributed by atoms with Crippen molar-refractivity contribution in [3.8, 4) is 11.5 Å². The molecule has 0 aliphatic carbocycles. The molecule has 1 saturated heterocycles. The number of halogens is 2. The number of nitrogens with zero attached hydrogens (tertiary/aromatic N) is 3. The van der Waals surface area contributed by atoms with Crippen molar-refractivity contribution >= 4 is 39.7 Å². The molecule has 1 fully saturated rings. The van der Waals surface area contributed by atoms with Gasteiger partial charge in [-0.25, -0.2) is 14.4 Å². The van der Waals surface area contributed by atoms with Gasteiger partial charge in [0.05, 0.1) is 38.1 Å². The first-order chi connectivity index (χ1) is 20.5. The van der Waals surface area contributed by atoms with E-state index in [1.807, 2.05) is 36.4 Å². The van der Waals surface area contributed by atoms with E-state index in [-0.39, 0.29) is 6.61 Å². The zero-order valence-corrected chi connectivity index (χ0v) is 24.1. The fourth-order valence-corrected chi connectivity index (χ4v) is 4.74. The van der Waals surface area contributed by atoms with Crippen molar-refractivity contribution in [3.63, 3.8) is 0 Å². The van der Waals surface area contributed by atoms with Gasteiger partial charge < -0.3 is 19.5 Å². The second kappa shape index (κ2) is 14.3. The Hall–Kier alpha value is -3.96. The van der Waals surface area contributed by atoms with Gasteiger partial charge in [0.15, 0.2) is 11.5 Å². The van der Waals surface area contributed by atoms with E-state index < -0.39 is 5.82 Å². The van der Waals surface area contributed by atoms with E-state index in [1.165, 1.54) is 18.5 Å². The lowest BCUT2D eigenvalue weighted by molar-refractivity contribution is 0.0357. The number of anilines is 2. The van der Waals surface area contributed by atoms with Crippen molar-refractivity contribution in [1.29, 1.82) is 0 Å². The van der Waals surface area contributed by atoms with E-state index in [0.717, 1.165) is 61.4 Å². The first kappa shape index (κ1) is 29.5. The van der Waals surface area contributed by atoms with Gasteiger partial charge in [-0.3, -0.25) is 15.2 Å². The largest absolute Gasteiger partial charge is 0.493 e. The summed E-state index contributed by atoms with van der Waals surface area (Å²) in [7, 11) is 1.62. The third kappa shape index (κ3) is 7.65. The third-order valence-corrected chi connectivity index (χ3v) is 7.19. The molecule has 2 heterocycles. The maximum atomic E-state index is 13.2. The molecule has 42 heavy (non-hydrogen) atoms. The molecule has 9 nitrogen and oxygen atoms in total. The van der Waals surface area contributed by atoms with Crippen LogP contribution >= 0.6 is 11.6 Å². The van der Waals surface area contributed by atoms with Crippen LogP contribution in [0.4, 0.5) is 15.9 Å². The van der Waals surface area contributed by atoms with Crippen LogP contribution in [0.3, 0.4) is 0 Å². The molecule has 1 aliphatic heterocycles. The number of methoxy groups -OCH3 is 1. The first-order valence-corrected chi connectivity index (χ1v) is 14.0. The number of morpholine rings is 1. The van der Waals surface area contributed by atoms with Gasteiger partial charge in [-0.15, -0.1) is 0 Å². The molecule has 220 valence electrons. The summed E-state index contributed by atoms with van der Waals surface area (Å²) in [6.45, 7) is 9.22. The van der Waals surface area contributed by atoms with Crippen LogP contribution in [-0.4, -0.2) is 61.4 Å². The Labute approximate surface area is 249 Å². The topological polar surface area (TPSA) is 90.0 Å². The first-order valence-electron chi connectivity index (χ1n) is 13.6. The summed E-state index contributed by atoms with van der Waals surface area (Å²) in [4.78, 5) is 16.8. The van der Waals surface area contributed by atoms with E-state index in [0.29, 0.717) is 40.2 Å². The van der Waals surface area contributed by atoms with Crippen LogP contribution in [0.5, 0.6) is 11.5 Å². The molecule has 0 unspecified atom stereocenters. The van der Waals surface area contributed by atoms with E-state index in [1.54, 1.807) is 13.2 Å². The summed E-state index contributed by atoms with van der Waals surface area (Å²) in [6, 6.07) is 15.6. The van der Waals surface area contributed by atoms with Gasteiger partial charge in [0.2, 0.25) is 0 Å². The predicted octanol–water partition coefficient (Wildman–Crippen LogP) is 5.97. The maximum Gasteiger partial charge on any atom is 0.163 e.